The topological polar surface area (TPSA) is 41.9 Å². The first kappa shape index (κ1) is 30.2. The van der Waals surface area contributed by atoms with Crippen molar-refractivity contribution in [1.82, 2.24) is 9.80 Å². The maximum atomic E-state index is 10.0. The van der Waals surface area contributed by atoms with Crippen LogP contribution >= 0.6 is 0 Å². The molecule has 0 amide bonds. The van der Waals surface area contributed by atoms with Gasteiger partial charge in [0.1, 0.15) is 0 Å². The van der Waals surface area contributed by atoms with Crippen LogP contribution in [0.3, 0.4) is 0 Å². The minimum Gasteiger partial charge on any atom is -0.789 e. The van der Waals surface area contributed by atoms with Crippen molar-refractivity contribution in [1.29, 1.82) is 0 Å². The van der Waals surface area contributed by atoms with Crippen LogP contribution in [0.25, 0.3) is 0 Å². The molecule has 0 aromatic rings. The Hall–Kier alpha value is -0.970. The molecule has 0 spiro atoms. The summed E-state index contributed by atoms with van der Waals surface area (Å²) in [6.07, 6.45) is 20.4. The van der Waals surface area contributed by atoms with Crippen molar-refractivity contribution in [2.75, 3.05) is 55.9 Å². The van der Waals surface area contributed by atoms with E-state index in [4.69, 9.17) is 0 Å². The molecular weight excluding hydrogens is 360 g/mol. The van der Waals surface area contributed by atoms with Gasteiger partial charge in [0.15, 0.2) is 5.96 Å². The summed E-state index contributed by atoms with van der Waals surface area (Å²) in [5, 5.41) is 12.8. The summed E-state index contributed by atoms with van der Waals surface area (Å²) < 4.78 is 1.12. The molecule has 0 atom stereocenters. The third-order valence-electron chi connectivity index (χ3n) is 5.06. The third-order valence-corrected chi connectivity index (χ3v) is 5.06. The molecule has 176 valence electrons. The number of guanidine groups is 1. The molecule has 0 heterocycles. The van der Waals surface area contributed by atoms with Gasteiger partial charge in [-0.2, -0.15) is 0 Å². The number of rotatable bonds is 15. The second-order valence-electron chi connectivity index (χ2n) is 9.79. The normalized spacial score (nSPS) is 10.9. The second-order valence-corrected chi connectivity index (χ2v) is 9.79. The highest BCUT2D eigenvalue weighted by atomic mass is 16.4. The van der Waals surface area contributed by atoms with E-state index in [1.54, 1.807) is 38.0 Å². The number of quaternary nitrogens is 1. The smallest absolute Gasteiger partial charge is 0.191 e. The van der Waals surface area contributed by atoms with Gasteiger partial charge in [-0.3, -0.25) is 5.16 Å². The largest absolute Gasteiger partial charge is 0.789 e. The zero-order valence-electron chi connectivity index (χ0n) is 21.3. The number of nitrogens with zero attached hydrogens (tertiary/aromatic N) is 4. The Morgan fingerprint density at radius 3 is 1.14 bits per heavy atom. The molecule has 0 radical (unpaired) electrons. The second kappa shape index (κ2) is 20.3. The van der Waals surface area contributed by atoms with E-state index in [1.165, 1.54) is 96.4 Å². The van der Waals surface area contributed by atoms with Crippen LogP contribution in [0.4, 0.5) is 0 Å². The Morgan fingerprint density at radius 1 is 0.621 bits per heavy atom. The van der Waals surface area contributed by atoms with E-state index in [9.17, 15) is 5.21 Å². The summed E-state index contributed by atoms with van der Waals surface area (Å²) in [5.41, 5.74) is 0. The van der Waals surface area contributed by atoms with Crippen molar-refractivity contribution >= 4 is 5.96 Å². The van der Waals surface area contributed by atoms with Crippen LogP contribution in [0.1, 0.15) is 96.8 Å². The average Bonchev–Trinajstić information content (AvgIpc) is 2.61. The van der Waals surface area contributed by atoms with E-state index < -0.39 is 0 Å². The van der Waals surface area contributed by atoms with E-state index in [0.717, 1.165) is 4.48 Å². The first-order chi connectivity index (χ1) is 13.7. The zero-order valence-corrected chi connectivity index (χ0v) is 21.3. The monoisotopic (exact) mass is 414 g/mol. The highest BCUT2D eigenvalue weighted by Gasteiger charge is 2.05. The van der Waals surface area contributed by atoms with Crippen LogP contribution in [-0.4, -0.2) is 76.1 Å². The van der Waals surface area contributed by atoms with Crippen LogP contribution in [0.15, 0.2) is 5.16 Å². The Bertz CT molecular complexity index is 352. The van der Waals surface area contributed by atoms with E-state index in [1.807, 2.05) is 0 Å². The van der Waals surface area contributed by atoms with Gasteiger partial charge in [-0.15, -0.1) is 0 Å². The molecule has 29 heavy (non-hydrogen) atoms. The fraction of sp³-hybridized carbons (Fsp3) is 0.958. The van der Waals surface area contributed by atoms with Gasteiger partial charge in [-0.25, -0.2) is 0 Å². The van der Waals surface area contributed by atoms with Gasteiger partial charge in [-0.05, 0) is 12.8 Å². The van der Waals surface area contributed by atoms with E-state index >= 15 is 0 Å². The molecular formula is C24H54N4O. The molecule has 0 N–H and O–H groups in total. The van der Waals surface area contributed by atoms with Crippen LogP contribution in [-0.2, 0) is 0 Å². The molecule has 0 aromatic carbocycles. The summed E-state index contributed by atoms with van der Waals surface area (Å²) >= 11 is 0. The van der Waals surface area contributed by atoms with Gasteiger partial charge in [-0.1, -0.05) is 84.0 Å². The van der Waals surface area contributed by atoms with Crippen LogP contribution in [0, 0.1) is 5.21 Å². The Balaban J connectivity index is 0. The first-order valence-electron chi connectivity index (χ1n) is 12.0. The lowest BCUT2D eigenvalue weighted by molar-refractivity contribution is -0.870. The summed E-state index contributed by atoms with van der Waals surface area (Å²) in [4.78, 5) is 3.32. The molecule has 0 unspecified atom stereocenters. The molecule has 0 saturated carbocycles. The van der Waals surface area contributed by atoms with Gasteiger partial charge in [0, 0.05) is 28.2 Å². The van der Waals surface area contributed by atoms with Gasteiger partial charge >= 0.3 is 0 Å². The lowest BCUT2D eigenvalue weighted by Gasteiger charge is -2.23. The Kier molecular flexibility index (Phi) is 21.2. The summed E-state index contributed by atoms with van der Waals surface area (Å²) in [7, 11) is 14.0. The molecule has 5 heteroatoms. The first-order valence-corrected chi connectivity index (χ1v) is 12.0. The number of hydrogen-bond acceptors (Lipinski definition) is 2. The van der Waals surface area contributed by atoms with Gasteiger partial charge < -0.3 is 19.5 Å². The lowest BCUT2D eigenvalue weighted by Crippen LogP contribution is -2.35. The molecule has 0 aliphatic rings. The van der Waals surface area contributed by atoms with Crippen LogP contribution < -0.4 is 0 Å². The van der Waals surface area contributed by atoms with Gasteiger partial charge in [0.2, 0.25) is 0 Å². The quantitative estimate of drug-likeness (QED) is 0.106. The van der Waals surface area contributed by atoms with E-state index in [2.05, 4.69) is 33.2 Å². The fourth-order valence-electron chi connectivity index (χ4n) is 3.34. The third kappa shape index (κ3) is 25.0. The maximum absolute atomic E-state index is 10.0. The summed E-state index contributed by atoms with van der Waals surface area (Å²) in [5.74, 6) is 0.426. The van der Waals surface area contributed by atoms with Gasteiger partial charge in [0.25, 0.3) is 0 Å². The number of hydrogen-bond donors (Lipinski definition) is 0. The van der Waals surface area contributed by atoms with E-state index in [-0.39, 0.29) is 0 Å². The van der Waals surface area contributed by atoms with Crippen LogP contribution in [0.2, 0.25) is 0 Å². The summed E-state index contributed by atoms with van der Waals surface area (Å²) in [6.45, 7) is 3.63. The highest BCUT2D eigenvalue weighted by molar-refractivity contribution is 5.79. The van der Waals surface area contributed by atoms with Crippen molar-refractivity contribution in [3.8, 4) is 0 Å². The standard InChI is InChI=1S/C19H42N.C5H13N3O/c1-5-6-7-8-9-10-11-12-13-14-15-16-17-18-19-20(2,3)4;1-7(2)5(6-9)8(3)4/h5-19H2,1-4H3;9H,1-4H3/q+1;/p-1. The molecule has 0 aliphatic heterocycles. The number of unbranched alkanes of at least 4 members (excludes halogenated alkanes) is 13. The van der Waals surface area contributed by atoms with Crippen molar-refractivity contribution in [2.24, 2.45) is 5.16 Å². The molecule has 0 rings (SSSR count). The molecule has 0 aromatic heterocycles. The maximum Gasteiger partial charge on any atom is 0.191 e. The molecule has 0 bridgehead atoms. The minimum absolute atomic E-state index is 0.426. The van der Waals surface area contributed by atoms with Crippen molar-refractivity contribution in [2.45, 2.75) is 96.8 Å². The predicted molar refractivity (Wildman–Crippen MR) is 131 cm³/mol. The SMILES string of the molecule is CCCCCCCCCCCCCCCC[N+](C)(C)C.CN(C)C(=N[O-])N(C)C. The molecule has 5 nitrogen and oxygen atoms in total. The summed E-state index contributed by atoms with van der Waals surface area (Å²) in [6, 6.07) is 0. The average molecular weight is 415 g/mol. The fourth-order valence-corrected chi connectivity index (χ4v) is 3.34. The Labute approximate surface area is 183 Å². The zero-order chi connectivity index (χ0) is 22.5. The van der Waals surface area contributed by atoms with Crippen LogP contribution in [0.5, 0.6) is 0 Å². The predicted octanol–water partition coefficient (Wildman–Crippen LogP) is 6.14. The van der Waals surface area contributed by atoms with Crippen molar-refractivity contribution in [3.05, 3.63) is 5.21 Å². The van der Waals surface area contributed by atoms with E-state index in [0.29, 0.717) is 5.96 Å². The van der Waals surface area contributed by atoms with Crippen molar-refractivity contribution in [3.63, 3.8) is 0 Å². The molecule has 0 saturated heterocycles. The van der Waals surface area contributed by atoms with Crippen molar-refractivity contribution < 1.29 is 4.48 Å². The Morgan fingerprint density at radius 2 is 0.931 bits per heavy atom. The van der Waals surface area contributed by atoms with Gasteiger partial charge in [0.05, 0.1) is 27.7 Å². The minimum atomic E-state index is 0.426. The molecule has 0 fully saturated rings. The highest BCUT2D eigenvalue weighted by Crippen LogP contribution is 2.13. The molecule has 0 aliphatic carbocycles. The lowest BCUT2D eigenvalue weighted by atomic mass is 10.0.